The molecule has 0 spiro atoms. The van der Waals surface area contributed by atoms with Gasteiger partial charge in [0.15, 0.2) is 0 Å². The van der Waals surface area contributed by atoms with E-state index in [1.54, 1.807) is 19.0 Å². The Hall–Kier alpha value is -1.97. The quantitative estimate of drug-likeness (QED) is 0.278. The van der Waals surface area contributed by atoms with E-state index >= 15 is 0 Å². The smallest absolute Gasteiger partial charge is 0.331 e. The number of methoxy groups -OCH3 is 1. The van der Waals surface area contributed by atoms with Gasteiger partial charge in [-0.1, -0.05) is 0 Å². The second kappa shape index (κ2) is 11.6. The Kier molecular flexibility index (Phi) is 10.6. The summed E-state index contributed by atoms with van der Waals surface area (Å²) in [6, 6.07) is 0. The Balaban J connectivity index is 3.92. The molecule has 0 amide bonds. The number of carbonyl (C=O) groups is 3. The van der Waals surface area contributed by atoms with E-state index in [0.29, 0.717) is 6.54 Å². The van der Waals surface area contributed by atoms with E-state index in [0.717, 1.165) is 19.3 Å². The number of likely N-dealkylation sites (N-methyl/N-ethyl adjacent to an activating group) is 1. The molecule has 9 heteroatoms. The molecule has 2 atom stereocenters. The first-order valence-electron chi connectivity index (χ1n) is 6.83. The fourth-order valence-corrected chi connectivity index (χ4v) is 1.41. The molecule has 23 heavy (non-hydrogen) atoms. The lowest BCUT2D eigenvalue weighted by Crippen LogP contribution is -2.30. The molecule has 0 saturated heterocycles. The third kappa shape index (κ3) is 12.3. The Morgan fingerprint density at radius 3 is 2.13 bits per heavy atom. The van der Waals surface area contributed by atoms with Gasteiger partial charge in [0.05, 0.1) is 19.6 Å². The van der Waals surface area contributed by atoms with E-state index in [4.69, 9.17) is 4.74 Å². The third-order valence-corrected chi connectivity index (χ3v) is 2.39. The van der Waals surface area contributed by atoms with E-state index in [1.807, 2.05) is 0 Å². The number of esters is 3. The molecule has 1 unspecified atom stereocenters. The molecule has 0 heterocycles. The minimum Gasteiger partial charge on any atom is -0.466 e. The Labute approximate surface area is 134 Å². The zero-order valence-corrected chi connectivity index (χ0v) is 13.4. The lowest BCUT2D eigenvalue weighted by molar-refractivity contribution is -0.152. The van der Waals surface area contributed by atoms with Crippen molar-refractivity contribution in [2.45, 2.75) is 18.6 Å². The second-order valence-corrected chi connectivity index (χ2v) is 4.94. The maximum absolute atomic E-state index is 11.4. The molecule has 9 nitrogen and oxygen atoms in total. The van der Waals surface area contributed by atoms with E-state index < -0.39 is 36.7 Å². The number of hydrogen-bond donors (Lipinski definition) is 2. The highest BCUT2D eigenvalue weighted by molar-refractivity contribution is 5.91. The molecule has 0 saturated carbocycles. The van der Waals surface area contributed by atoms with Gasteiger partial charge >= 0.3 is 17.9 Å². The van der Waals surface area contributed by atoms with Crippen molar-refractivity contribution in [2.24, 2.45) is 0 Å². The summed E-state index contributed by atoms with van der Waals surface area (Å²) in [6.07, 6.45) is -0.549. The van der Waals surface area contributed by atoms with Crippen molar-refractivity contribution in [3.63, 3.8) is 0 Å². The van der Waals surface area contributed by atoms with Gasteiger partial charge < -0.3 is 29.3 Å². The van der Waals surface area contributed by atoms with Crippen LogP contribution >= 0.6 is 0 Å². The van der Waals surface area contributed by atoms with E-state index in [9.17, 15) is 24.6 Å². The third-order valence-electron chi connectivity index (χ3n) is 2.39. The van der Waals surface area contributed by atoms with E-state index in [2.05, 4.69) is 9.47 Å². The Morgan fingerprint density at radius 2 is 1.57 bits per heavy atom. The number of rotatable bonds is 10. The first-order valence-corrected chi connectivity index (χ1v) is 6.83. The SMILES string of the molecule is COC(=O)/C=C/C(=O)OCC(O)COC(=O)C[C@@H](O)CN(C)C. The Morgan fingerprint density at radius 1 is 1.00 bits per heavy atom. The van der Waals surface area contributed by atoms with Crippen LogP contribution in [0.4, 0.5) is 0 Å². The lowest BCUT2D eigenvalue weighted by atomic mass is 10.2. The summed E-state index contributed by atoms with van der Waals surface area (Å²) in [5.74, 6) is -2.23. The van der Waals surface area contributed by atoms with Crippen LogP contribution in [0.2, 0.25) is 0 Å². The van der Waals surface area contributed by atoms with Crippen LogP contribution in [0, 0.1) is 0 Å². The molecule has 0 aromatic carbocycles. The Bertz CT molecular complexity index is 421. The van der Waals surface area contributed by atoms with Crippen molar-refractivity contribution >= 4 is 17.9 Å². The fourth-order valence-electron chi connectivity index (χ4n) is 1.41. The number of aliphatic hydroxyl groups excluding tert-OH is 2. The molecule has 0 radical (unpaired) electrons. The van der Waals surface area contributed by atoms with Crippen molar-refractivity contribution in [3.8, 4) is 0 Å². The van der Waals surface area contributed by atoms with E-state index in [1.165, 1.54) is 0 Å². The highest BCUT2D eigenvalue weighted by atomic mass is 16.6. The van der Waals surface area contributed by atoms with Crippen LogP contribution in [0.15, 0.2) is 12.2 Å². The highest BCUT2D eigenvalue weighted by Crippen LogP contribution is 1.98. The van der Waals surface area contributed by atoms with Gasteiger partial charge in [-0.3, -0.25) is 4.79 Å². The zero-order chi connectivity index (χ0) is 17.8. The number of ether oxygens (including phenoxy) is 3. The largest absolute Gasteiger partial charge is 0.466 e. The molecular formula is C14H23NO8. The predicted molar refractivity (Wildman–Crippen MR) is 78.3 cm³/mol. The zero-order valence-electron chi connectivity index (χ0n) is 13.4. The van der Waals surface area contributed by atoms with Crippen LogP contribution in [0.25, 0.3) is 0 Å². The number of carbonyl (C=O) groups excluding carboxylic acids is 3. The molecule has 0 rings (SSSR count). The predicted octanol–water partition coefficient (Wildman–Crippen LogP) is -1.52. The average molecular weight is 333 g/mol. The molecule has 0 aromatic heterocycles. The molecule has 2 N–H and O–H groups in total. The maximum atomic E-state index is 11.4. The number of aliphatic hydroxyl groups is 2. The van der Waals surface area contributed by atoms with Crippen molar-refractivity contribution in [1.82, 2.24) is 4.90 Å². The summed E-state index contributed by atoms with van der Waals surface area (Å²) in [5.41, 5.74) is 0. The highest BCUT2D eigenvalue weighted by Gasteiger charge is 2.15. The summed E-state index contributed by atoms with van der Waals surface area (Å²) in [6.45, 7) is -0.471. The monoisotopic (exact) mass is 333 g/mol. The van der Waals surface area contributed by atoms with Gasteiger partial charge in [-0.15, -0.1) is 0 Å². The van der Waals surface area contributed by atoms with Crippen molar-refractivity contribution in [1.29, 1.82) is 0 Å². The first-order chi connectivity index (χ1) is 10.7. The molecule has 0 aliphatic rings. The van der Waals surface area contributed by atoms with Crippen LogP contribution in [0.3, 0.4) is 0 Å². The van der Waals surface area contributed by atoms with Gasteiger partial charge in [0, 0.05) is 18.7 Å². The standard InChI is InChI=1S/C14H23NO8/c1-15(2)7-10(16)6-14(20)23-9-11(17)8-22-13(19)5-4-12(18)21-3/h4-5,10-11,16-17H,6-9H2,1-3H3/b5-4+/t10-,11?/m1/s1. The van der Waals surface area contributed by atoms with Gasteiger partial charge in [-0.2, -0.15) is 0 Å². The second-order valence-electron chi connectivity index (χ2n) is 4.94. The normalized spacial score (nSPS) is 13.7. The molecule has 0 bridgehead atoms. The molecule has 132 valence electrons. The van der Waals surface area contributed by atoms with Crippen LogP contribution in [-0.4, -0.2) is 86.2 Å². The summed E-state index contributed by atoms with van der Waals surface area (Å²) in [4.78, 5) is 35.0. The van der Waals surface area contributed by atoms with Crippen molar-refractivity contribution < 1.29 is 38.8 Å². The summed E-state index contributed by atoms with van der Waals surface area (Å²) >= 11 is 0. The maximum Gasteiger partial charge on any atom is 0.331 e. The minimum atomic E-state index is -1.21. The fraction of sp³-hybridized carbons (Fsp3) is 0.643. The summed E-state index contributed by atoms with van der Waals surface area (Å²) in [7, 11) is 4.66. The minimum absolute atomic E-state index is 0.202. The molecule has 0 aliphatic carbocycles. The topological polar surface area (TPSA) is 123 Å². The van der Waals surface area contributed by atoms with Crippen LogP contribution in [0.5, 0.6) is 0 Å². The van der Waals surface area contributed by atoms with Crippen LogP contribution in [0.1, 0.15) is 6.42 Å². The van der Waals surface area contributed by atoms with Gasteiger partial charge in [0.25, 0.3) is 0 Å². The van der Waals surface area contributed by atoms with Gasteiger partial charge in [-0.25, -0.2) is 9.59 Å². The van der Waals surface area contributed by atoms with Crippen LogP contribution < -0.4 is 0 Å². The van der Waals surface area contributed by atoms with Crippen molar-refractivity contribution in [2.75, 3.05) is 41.0 Å². The van der Waals surface area contributed by atoms with E-state index in [-0.39, 0.29) is 13.0 Å². The molecular weight excluding hydrogens is 310 g/mol. The first kappa shape index (κ1) is 21.0. The molecule has 0 fully saturated rings. The summed E-state index contributed by atoms with van der Waals surface area (Å²) < 4.78 is 13.7. The van der Waals surface area contributed by atoms with Gasteiger partial charge in [0.1, 0.15) is 19.3 Å². The number of hydrogen-bond acceptors (Lipinski definition) is 9. The van der Waals surface area contributed by atoms with Crippen LogP contribution in [-0.2, 0) is 28.6 Å². The van der Waals surface area contributed by atoms with Gasteiger partial charge in [0.2, 0.25) is 0 Å². The molecule has 0 aliphatic heterocycles. The van der Waals surface area contributed by atoms with Gasteiger partial charge in [-0.05, 0) is 14.1 Å². The van der Waals surface area contributed by atoms with Crippen molar-refractivity contribution in [3.05, 3.63) is 12.2 Å². The number of nitrogens with zero attached hydrogens (tertiary/aromatic N) is 1. The lowest BCUT2D eigenvalue weighted by Gasteiger charge is -2.16. The summed E-state index contributed by atoms with van der Waals surface area (Å²) in [5, 5.41) is 19.0. The average Bonchev–Trinajstić information content (AvgIpc) is 2.47. The molecule has 0 aromatic rings.